The number of nitrogens with zero attached hydrogens (tertiary/aromatic N) is 4. The molecule has 0 bridgehead atoms. The summed E-state index contributed by atoms with van der Waals surface area (Å²) in [7, 11) is 0. The molecule has 4 nitrogen and oxygen atoms in total. The highest BCUT2D eigenvalue weighted by molar-refractivity contribution is 7.97. The molecular formula is C23H22N4S. The average molecular weight is 387 g/mol. The van der Waals surface area contributed by atoms with Crippen LogP contribution in [0.4, 0.5) is 5.82 Å². The number of aromatic nitrogens is 3. The molecule has 4 aromatic rings. The highest BCUT2D eigenvalue weighted by atomic mass is 32.2. The molecule has 0 N–H and O–H groups in total. The Morgan fingerprint density at radius 1 is 0.786 bits per heavy atom. The molecule has 0 saturated carbocycles. The van der Waals surface area contributed by atoms with Gasteiger partial charge in [-0.2, -0.15) is 0 Å². The molecule has 0 atom stereocenters. The molecule has 5 rings (SSSR count). The van der Waals surface area contributed by atoms with Gasteiger partial charge in [0.05, 0.1) is 17.2 Å². The van der Waals surface area contributed by atoms with Gasteiger partial charge in [0.1, 0.15) is 5.82 Å². The van der Waals surface area contributed by atoms with Gasteiger partial charge in [0, 0.05) is 30.4 Å². The van der Waals surface area contributed by atoms with Crippen LogP contribution >= 0.6 is 11.9 Å². The number of hydrogen-bond acceptors (Lipinski definition) is 4. The number of piperidine rings is 1. The SMILES string of the molecule is c1ccn(Sc2ccc(-c3ccc4ncc(N5CCCCC5)nc4c3)cc2)c1. The minimum Gasteiger partial charge on any atom is -0.355 e. The van der Waals surface area contributed by atoms with Crippen LogP contribution in [-0.2, 0) is 0 Å². The molecule has 0 spiro atoms. The second-order valence-corrected chi connectivity index (χ2v) is 8.21. The van der Waals surface area contributed by atoms with Crippen molar-refractivity contribution in [2.24, 2.45) is 0 Å². The van der Waals surface area contributed by atoms with E-state index in [0.29, 0.717) is 0 Å². The number of rotatable bonds is 4. The third kappa shape index (κ3) is 3.62. The van der Waals surface area contributed by atoms with Crippen LogP contribution in [0.15, 0.2) is 78.1 Å². The van der Waals surface area contributed by atoms with Crippen LogP contribution < -0.4 is 4.90 Å². The van der Waals surface area contributed by atoms with Crippen molar-refractivity contribution >= 4 is 28.8 Å². The third-order valence-corrected chi connectivity index (χ3v) is 6.12. The van der Waals surface area contributed by atoms with Crippen molar-refractivity contribution in [3.63, 3.8) is 0 Å². The Balaban J connectivity index is 1.41. The summed E-state index contributed by atoms with van der Waals surface area (Å²) >= 11 is 1.71. The fourth-order valence-electron chi connectivity index (χ4n) is 3.67. The molecule has 1 saturated heterocycles. The second-order valence-electron chi connectivity index (χ2n) is 7.14. The van der Waals surface area contributed by atoms with Crippen LogP contribution in [-0.4, -0.2) is 27.0 Å². The van der Waals surface area contributed by atoms with E-state index in [0.717, 1.165) is 29.9 Å². The number of benzene rings is 2. The van der Waals surface area contributed by atoms with E-state index in [9.17, 15) is 0 Å². The Morgan fingerprint density at radius 2 is 1.54 bits per heavy atom. The third-order valence-electron chi connectivity index (χ3n) is 5.19. The van der Waals surface area contributed by atoms with Gasteiger partial charge in [0.25, 0.3) is 0 Å². The Morgan fingerprint density at radius 3 is 2.32 bits per heavy atom. The van der Waals surface area contributed by atoms with Gasteiger partial charge in [-0.1, -0.05) is 18.2 Å². The average Bonchev–Trinajstić information content (AvgIpc) is 3.27. The lowest BCUT2D eigenvalue weighted by Gasteiger charge is -2.27. The van der Waals surface area contributed by atoms with Gasteiger partial charge in [0.15, 0.2) is 0 Å². The fourth-order valence-corrected chi connectivity index (χ4v) is 4.43. The highest BCUT2D eigenvalue weighted by Gasteiger charge is 2.13. The van der Waals surface area contributed by atoms with Crippen LogP contribution in [0.1, 0.15) is 19.3 Å². The van der Waals surface area contributed by atoms with Crippen molar-refractivity contribution < 1.29 is 0 Å². The van der Waals surface area contributed by atoms with Crippen molar-refractivity contribution in [3.8, 4) is 11.1 Å². The van der Waals surface area contributed by atoms with Crippen molar-refractivity contribution in [2.45, 2.75) is 24.2 Å². The highest BCUT2D eigenvalue weighted by Crippen LogP contribution is 2.28. The summed E-state index contributed by atoms with van der Waals surface area (Å²) in [5, 5.41) is 0. The molecule has 140 valence electrons. The van der Waals surface area contributed by atoms with Gasteiger partial charge >= 0.3 is 0 Å². The van der Waals surface area contributed by atoms with Gasteiger partial charge in [-0.15, -0.1) is 0 Å². The van der Waals surface area contributed by atoms with E-state index < -0.39 is 0 Å². The molecule has 2 aromatic carbocycles. The zero-order chi connectivity index (χ0) is 18.8. The molecule has 0 amide bonds. The van der Waals surface area contributed by atoms with Crippen molar-refractivity contribution in [1.29, 1.82) is 0 Å². The molecular weight excluding hydrogens is 364 g/mol. The summed E-state index contributed by atoms with van der Waals surface area (Å²) in [5.41, 5.74) is 4.29. The molecule has 2 aromatic heterocycles. The van der Waals surface area contributed by atoms with E-state index in [-0.39, 0.29) is 0 Å². The molecule has 28 heavy (non-hydrogen) atoms. The van der Waals surface area contributed by atoms with Gasteiger partial charge in [0.2, 0.25) is 0 Å². The van der Waals surface area contributed by atoms with Gasteiger partial charge < -0.3 is 4.90 Å². The predicted octanol–water partition coefficient (Wildman–Crippen LogP) is 5.64. The Labute approximate surface area is 169 Å². The normalized spacial score (nSPS) is 14.5. The van der Waals surface area contributed by atoms with Crippen molar-refractivity contribution in [2.75, 3.05) is 18.0 Å². The van der Waals surface area contributed by atoms with Gasteiger partial charge in [-0.3, -0.25) is 8.96 Å². The number of hydrogen-bond donors (Lipinski definition) is 0. The standard InChI is InChI=1S/C23H22N4S/c1-2-12-26(13-3-1)23-17-24-21-11-8-19(16-22(21)25-23)18-6-9-20(10-7-18)28-27-14-4-5-15-27/h4-11,14-17H,1-3,12-13H2. The summed E-state index contributed by atoms with van der Waals surface area (Å²) in [4.78, 5) is 13.1. The molecule has 1 fully saturated rings. The lowest BCUT2D eigenvalue weighted by Crippen LogP contribution is -2.30. The maximum absolute atomic E-state index is 4.91. The van der Waals surface area contributed by atoms with Crippen LogP contribution in [0, 0.1) is 0 Å². The molecule has 0 aliphatic carbocycles. The Bertz CT molecular complexity index is 1070. The van der Waals surface area contributed by atoms with Gasteiger partial charge in [-0.25, -0.2) is 4.98 Å². The van der Waals surface area contributed by atoms with E-state index >= 15 is 0 Å². The number of anilines is 1. The summed E-state index contributed by atoms with van der Waals surface area (Å²) in [6.07, 6.45) is 9.84. The maximum atomic E-state index is 4.91. The first kappa shape index (κ1) is 17.3. The van der Waals surface area contributed by atoms with Crippen LogP contribution in [0.25, 0.3) is 22.2 Å². The number of fused-ring (bicyclic) bond motifs is 1. The topological polar surface area (TPSA) is 34.0 Å². The fraction of sp³-hybridized carbons (Fsp3) is 0.217. The van der Waals surface area contributed by atoms with Crippen molar-refractivity contribution in [3.05, 3.63) is 73.2 Å². The van der Waals surface area contributed by atoms with Crippen LogP contribution in [0.2, 0.25) is 0 Å². The summed E-state index contributed by atoms with van der Waals surface area (Å²) in [6, 6.07) is 19.1. The summed E-state index contributed by atoms with van der Waals surface area (Å²) < 4.78 is 2.10. The maximum Gasteiger partial charge on any atom is 0.147 e. The summed E-state index contributed by atoms with van der Waals surface area (Å²) in [6.45, 7) is 2.17. The lowest BCUT2D eigenvalue weighted by molar-refractivity contribution is 0.573. The zero-order valence-corrected chi connectivity index (χ0v) is 16.5. The minimum atomic E-state index is 0.948. The minimum absolute atomic E-state index is 0.948. The van der Waals surface area contributed by atoms with Crippen LogP contribution in [0.3, 0.4) is 0 Å². The Kier molecular flexibility index (Phi) is 4.75. The second kappa shape index (κ2) is 7.68. The molecule has 1 aliphatic rings. The first-order valence-electron chi connectivity index (χ1n) is 9.79. The molecule has 0 radical (unpaired) electrons. The molecule has 5 heteroatoms. The van der Waals surface area contributed by atoms with Gasteiger partial charge in [-0.05, 0) is 78.7 Å². The molecule has 3 heterocycles. The van der Waals surface area contributed by atoms with E-state index in [1.807, 2.05) is 18.3 Å². The summed E-state index contributed by atoms with van der Waals surface area (Å²) in [5.74, 6) is 1.00. The lowest BCUT2D eigenvalue weighted by atomic mass is 10.1. The predicted molar refractivity (Wildman–Crippen MR) is 117 cm³/mol. The van der Waals surface area contributed by atoms with Crippen LogP contribution in [0.5, 0.6) is 0 Å². The quantitative estimate of drug-likeness (QED) is 0.454. The first-order valence-corrected chi connectivity index (χ1v) is 10.6. The molecule has 1 aliphatic heterocycles. The van der Waals surface area contributed by atoms with E-state index in [4.69, 9.17) is 4.98 Å². The van der Waals surface area contributed by atoms with E-state index in [1.54, 1.807) is 11.9 Å². The Hall–Kier alpha value is -2.79. The van der Waals surface area contributed by atoms with Crippen molar-refractivity contribution in [1.82, 2.24) is 13.9 Å². The zero-order valence-electron chi connectivity index (χ0n) is 15.7. The molecule has 0 unspecified atom stereocenters. The monoisotopic (exact) mass is 386 g/mol. The largest absolute Gasteiger partial charge is 0.355 e. The smallest absolute Gasteiger partial charge is 0.147 e. The van der Waals surface area contributed by atoms with E-state index in [2.05, 4.69) is 68.7 Å². The first-order chi connectivity index (χ1) is 13.8. The van der Waals surface area contributed by atoms with E-state index in [1.165, 1.54) is 35.3 Å².